The van der Waals surface area contributed by atoms with Crippen molar-refractivity contribution in [1.29, 1.82) is 0 Å². The Kier molecular flexibility index (Phi) is 4.63. The molecule has 0 aliphatic carbocycles. The number of halogens is 3. The van der Waals surface area contributed by atoms with Gasteiger partial charge < -0.3 is 4.74 Å². The van der Waals surface area contributed by atoms with Crippen LogP contribution in [0.15, 0.2) is 36.4 Å². The smallest absolute Gasteiger partial charge is 0.338 e. The van der Waals surface area contributed by atoms with E-state index in [1.807, 2.05) is 0 Å². The number of benzene rings is 2. The molecule has 2 aromatic carbocycles. The van der Waals surface area contributed by atoms with Gasteiger partial charge in [0.2, 0.25) is 0 Å². The fourth-order valence-corrected chi connectivity index (χ4v) is 2.34. The SMILES string of the molecule is CCOC(=O)c1cc(F)cc(-c2cc(Cl)cc(Cl)c2)c1. The first-order valence-corrected chi connectivity index (χ1v) is 6.69. The summed E-state index contributed by atoms with van der Waals surface area (Å²) in [6.45, 7) is 1.92. The van der Waals surface area contributed by atoms with E-state index in [-0.39, 0.29) is 12.2 Å². The molecule has 2 aromatic rings. The topological polar surface area (TPSA) is 26.3 Å². The van der Waals surface area contributed by atoms with Crippen LogP contribution in [0, 0.1) is 5.82 Å². The predicted molar refractivity (Wildman–Crippen MR) is 77.8 cm³/mol. The first-order chi connectivity index (χ1) is 9.49. The largest absolute Gasteiger partial charge is 0.462 e. The molecular weight excluding hydrogens is 302 g/mol. The summed E-state index contributed by atoms with van der Waals surface area (Å²) in [5, 5.41) is 0.879. The van der Waals surface area contributed by atoms with Crippen molar-refractivity contribution < 1.29 is 13.9 Å². The summed E-state index contributed by atoms with van der Waals surface area (Å²) in [6.07, 6.45) is 0. The third kappa shape index (κ3) is 3.50. The zero-order chi connectivity index (χ0) is 14.7. The summed E-state index contributed by atoms with van der Waals surface area (Å²) in [5.74, 6) is -1.09. The lowest BCUT2D eigenvalue weighted by atomic mass is 10.0. The second-order valence-electron chi connectivity index (χ2n) is 4.11. The molecule has 0 spiro atoms. The Labute approximate surface area is 126 Å². The van der Waals surface area contributed by atoms with Crippen LogP contribution in [0.25, 0.3) is 11.1 Å². The quantitative estimate of drug-likeness (QED) is 0.747. The van der Waals surface area contributed by atoms with E-state index in [1.165, 1.54) is 6.07 Å². The van der Waals surface area contributed by atoms with E-state index in [2.05, 4.69) is 0 Å². The molecule has 0 aliphatic heterocycles. The number of esters is 1. The Hall–Kier alpha value is -1.58. The zero-order valence-electron chi connectivity index (χ0n) is 10.6. The molecule has 0 radical (unpaired) electrons. The van der Waals surface area contributed by atoms with Crippen LogP contribution in [0.3, 0.4) is 0 Å². The standard InChI is InChI=1S/C15H11Cl2FO2/c1-2-20-15(19)11-3-9(6-14(18)7-11)10-4-12(16)8-13(17)5-10/h3-8H,2H2,1H3. The van der Waals surface area contributed by atoms with E-state index in [1.54, 1.807) is 31.2 Å². The molecule has 0 N–H and O–H groups in total. The van der Waals surface area contributed by atoms with Crippen LogP contribution >= 0.6 is 23.2 Å². The Morgan fingerprint density at radius 3 is 2.25 bits per heavy atom. The van der Waals surface area contributed by atoms with Crippen LogP contribution in [0.1, 0.15) is 17.3 Å². The van der Waals surface area contributed by atoms with Gasteiger partial charge >= 0.3 is 5.97 Å². The van der Waals surface area contributed by atoms with Crippen molar-refractivity contribution in [2.45, 2.75) is 6.92 Å². The Bertz CT molecular complexity index is 636. The molecule has 0 aromatic heterocycles. The highest BCUT2D eigenvalue weighted by Crippen LogP contribution is 2.28. The summed E-state index contributed by atoms with van der Waals surface area (Å²) in [6, 6.07) is 8.87. The third-order valence-corrected chi connectivity index (χ3v) is 3.04. The van der Waals surface area contributed by atoms with Gasteiger partial charge in [0.05, 0.1) is 12.2 Å². The van der Waals surface area contributed by atoms with Crippen molar-refractivity contribution in [3.8, 4) is 11.1 Å². The summed E-state index contributed by atoms with van der Waals surface area (Å²) in [4.78, 5) is 11.7. The molecule has 104 valence electrons. The molecule has 0 heterocycles. The fourth-order valence-electron chi connectivity index (χ4n) is 1.81. The summed E-state index contributed by atoms with van der Waals surface area (Å²) >= 11 is 11.8. The molecule has 2 nitrogen and oxygen atoms in total. The third-order valence-electron chi connectivity index (χ3n) is 2.60. The second kappa shape index (κ2) is 6.25. The number of carbonyl (C=O) groups excluding carboxylic acids is 1. The summed E-state index contributed by atoms with van der Waals surface area (Å²) in [5.41, 5.74) is 1.29. The molecule has 0 fully saturated rings. The highest BCUT2D eigenvalue weighted by atomic mass is 35.5. The van der Waals surface area contributed by atoms with Gasteiger partial charge in [-0.1, -0.05) is 23.2 Å². The van der Waals surface area contributed by atoms with Gasteiger partial charge in [0.25, 0.3) is 0 Å². The van der Waals surface area contributed by atoms with Crippen LogP contribution in [0.5, 0.6) is 0 Å². The van der Waals surface area contributed by atoms with Crippen molar-refractivity contribution >= 4 is 29.2 Å². The summed E-state index contributed by atoms with van der Waals surface area (Å²) in [7, 11) is 0. The first-order valence-electron chi connectivity index (χ1n) is 5.94. The van der Waals surface area contributed by atoms with Crippen LogP contribution in [-0.2, 0) is 4.74 Å². The number of hydrogen-bond donors (Lipinski definition) is 0. The molecule has 2 rings (SSSR count). The van der Waals surface area contributed by atoms with Crippen molar-refractivity contribution in [2.75, 3.05) is 6.61 Å². The minimum absolute atomic E-state index is 0.151. The zero-order valence-corrected chi connectivity index (χ0v) is 12.1. The van der Waals surface area contributed by atoms with Gasteiger partial charge in [-0.2, -0.15) is 0 Å². The second-order valence-corrected chi connectivity index (χ2v) is 4.98. The maximum Gasteiger partial charge on any atom is 0.338 e. The lowest BCUT2D eigenvalue weighted by Crippen LogP contribution is -2.05. The van der Waals surface area contributed by atoms with Crippen molar-refractivity contribution in [3.05, 3.63) is 57.8 Å². The van der Waals surface area contributed by atoms with Crippen molar-refractivity contribution in [1.82, 2.24) is 0 Å². The molecule has 20 heavy (non-hydrogen) atoms. The normalized spacial score (nSPS) is 10.4. The highest BCUT2D eigenvalue weighted by molar-refractivity contribution is 6.35. The van der Waals surface area contributed by atoms with E-state index >= 15 is 0 Å². The van der Waals surface area contributed by atoms with E-state index in [9.17, 15) is 9.18 Å². The van der Waals surface area contributed by atoms with Gasteiger partial charge in [-0.25, -0.2) is 9.18 Å². The van der Waals surface area contributed by atoms with Crippen molar-refractivity contribution in [3.63, 3.8) is 0 Å². The molecule has 0 amide bonds. The Morgan fingerprint density at radius 1 is 1.05 bits per heavy atom. The molecular formula is C15H11Cl2FO2. The average molecular weight is 313 g/mol. The Balaban J connectivity index is 2.49. The van der Waals surface area contributed by atoms with Crippen LogP contribution < -0.4 is 0 Å². The molecule has 0 bridgehead atoms. The minimum atomic E-state index is -0.568. The molecule has 5 heteroatoms. The maximum atomic E-state index is 13.6. The minimum Gasteiger partial charge on any atom is -0.462 e. The van der Waals surface area contributed by atoms with Crippen LogP contribution in [0.4, 0.5) is 4.39 Å². The molecule has 0 aliphatic rings. The fraction of sp³-hybridized carbons (Fsp3) is 0.133. The van der Waals surface area contributed by atoms with E-state index in [0.717, 1.165) is 6.07 Å². The van der Waals surface area contributed by atoms with Gasteiger partial charge in [0.15, 0.2) is 0 Å². The lowest BCUT2D eigenvalue weighted by Gasteiger charge is -2.07. The van der Waals surface area contributed by atoms with Gasteiger partial charge in [0.1, 0.15) is 5.82 Å². The number of ether oxygens (including phenoxy) is 1. The Morgan fingerprint density at radius 2 is 1.65 bits per heavy atom. The van der Waals surface area contributed by atoms with Crippen LogP contribution in [0.2, 0.25) is 10.0 Å². The van der Waals surface area contributed by atoms with E-state index in [4.69, 9.17) is 27.9 Å². The summed E-state index contributed by atoms with van der Waals surface area (Å²) < 4.78 is 18.5. The number of rotatable bonds is 3. The van der Waals surface area contributed by atoms with Gasteiger partial charge in [-0.05, 0) is 54.4 Å². The van der Waals surface area contributed by atoms with E-state index < -0.39 is 11.8 Å². The molecule has 0 atom stereocenters. The number of carbonyl (C=O) groups is 1. The van der Waals surface area contributed by atoms with Crippen LogP contribution in [-0.4, -0.2) is 12.6 Å². The number of hydrogen-bond acceptors (Lipinski definition) is 2. The van der Waals surface area contributed by atoms with Gasteiger partial charge in [-0.3, -0.25) is 0 Å². The average Bonchev–Trinajstić information content (AvgIpc) is 2.37. The molecule has 0 saturated carbocycles. The predicted octanol–water partition coefficient (Wildman–Crippen LogP) is 4.98. The van der Waals surface area contributed by atoms with E-state index in [0.29, 0.717) is 21.2 Å². The van der Waals surface area contributed by atoms with Gasteiger partial charge in [-0.15, -0.1) is 0 Å². The monoisotopic (exact) mass is 312 g/mol. The maximum absolute atomic E-state index is 13.6. The molecule has 0 unspecified atom stereocenters. The first kappa shape index (κ1) is 14.8. The van der Waals surface area contributed by atoms with Gasteiger partial charge in [0, 0.05) is 10.0 Å². The molecule has 0 saturated heterocycles. The lowest BCUT2D eigenvalue weighted by molar-refractivity contribution is 0.0526. The van der Waals surface area contributed by atoms with Crippen molar-refractivity contribution in [2.24, 2.45) is 0 Å². The highest BCUT2D eigenvalue weighted by Gasteiger charge is 2.11.